The van der Waals surface area contributed by atoms with Gasteiger partial charge in [0.1, 0.15) is 0 Å². The fraction of sp³-hybridized carbons (Fsp3) is 0.0417. The summed E-state index contributed by atoms with van der Waals surface area (Å²) >= 11 is 1.34. The summed E-state index contributed by atoms with van der Waals surface area (Å²) in [5.41, 5.74) is 3.14. The molecule has 0 spiro atoms. The van der Waals surface area contributed by atoms with Crippen molar-refractivity contribution in [3.63, 3.8) is 0 Å². The lowest BCUT2D eigenvalue weighted by Crippen LogP contribution is -2.28. The zero-order chi connectivity index (χ0) is 20.9. The van der Waals surface area contributed by atoms with Crippen LogP contribution in [0.4, 0.5) is 17.1 Å². The Kier molecular flexibility index (Phi) is 5.77. The first-order chi connectivity index (χ1) is 14.6. The molecule has 2 amide bonds. The zero-order valence-corrected chi connectivity index (χ0v) is 17.1. The van der Waals surface area contributed by atoms with E-state index in [1.54, 1.807) is 4.90 Å². The number of nitrogens with one attached hydrogen (secondary N) is 1. The van der Waals surface area contributed by atoms with Crippen LogP contribution in [0.3, 0.4) is 0 Å². The summed E-state index contributed by atoms with van der Waals surface area (Å²) in [6.07, 6.45) is 1.84. The summed E-state index contributed by atoms with van der Waals surface area (Å²) in [5, 5.41) is 3.35. The molecule has 3 aromatic carbocycles. The first-order valence-electron chi connectivity index (χ1n) is 9.40. The largest absolute Gasteiger partial charge is 0.326 e. The Hall–Kier alpha value is -3.64. The molecule has 1 fully saturated rings. The molecule has 0 radical (unpaired) electrons. The topological polar surface area (TPSA) is 61.8 Å². The standard InChI is InChI=1S/C24H19N3O2S/c1-17(28)25-20-14-12-18(13-15-20)16-22-23(29)27(21-10-6-3-7-11-21)24(30-22)26-19-8-4-2-5-9-19/h2-16H,1H3,(H,25,28)/b22-16+,26-24?. The molecule has 3 aromatic rings. The quantitative estimate of drug-likeness (QED) is 0.578. The fourth-order valence-electron chi connectivity index (χ4n) is 2.98. The van der Waals surface area contributed by atoms with Gasteiger partial charge in [-0.2, -0.15) is 0 Å². The Balaban J connectivity index is 1.68. The minimum absolute atomic E-state index is 0.119. The van der Waals surface area contributed by atoms with E-state index in [9.17, 15) is 9.59 Å². The molecule has 6 heteroatoms. The molecule has 1 saturated heterocycles. The van der Waals surface area contributed by atoms with Gasteiger partial charge in [0, 0.05) is 12.6 Å². The summed E-state index contributed by atoms with van der Waals surface area (Å²) < 4.78 is 0. The average Bonchev–Trinajstić information content (AvgIpc) is 3.05. The van der Waals surface area contributed by atoms with E-state index in [0.717, 1.165) is 16.9 Å². The lowest BCUT2D eigenvalue weighted by molar-refractivity contribution is -0.114. The van der Waals surface area contributed by atoms with E-state index in [4.69, 9.17) is 4.99 Å². The monoisotopic (exact) mass is 413 g/mol. The Morgan fingerprint density at radius 3 is 2.20 bits per heavy atom. The molecule has 0 bridgehead atoms. The van der Waals surface area contributed by atoms with E-state index in [0.29, 0.717) is 15.8 Å². The summed E-state index contributed by atoms with van der Waals surface area (Å²) in [7, 11) is 0. The molecule has 30 heavy (non-hydrogen) atoms. The molecule has 0 atom stereocenters. The second kappa shape index (κ2) is 8.80. The Labute approximate surface area is 179 Å². The first-order valence-corrected chi connectivity index (χ1v) is 10.2. The maximum atomic E-state index is 13.2. The molecule has 0 aliphatic carbocycles. The summed E-state index contributed by atoms with van der Waals surface area (Å²) in [5.74, 6) is -0.241. The van der Waals surface area contributed by atoms with E-state index >= 15 is 0 Å². The Morgan fingerprint density at radius 1 is 0.933 bits per heavy atom. The Morgan fingerprint density at radius 2 is 1.57 bits per heavy atom. The van der Waals surface area contributed by atoms with Crippen molar-refractivity contribution < 1.29 is 9.59 Å². The van der Waals surface area contributed by atoms with Crippen LogP contribution in [0.25, 0.3) is 6.08 Å². The predicted molar refractivity (Wildman–Crippen MR) is 124 cm³/mol. The highest BCUT2D eigenvalue weighted by Gasteiger charge is 2.34. The lowest BCUT2D eigenvalue weighted by atomic mass is 10.2. The number of benzene rings is 3. The molecule has 4 rings (SSSR count). The third-order valence-electron chi connectivity index (χ3n) is 4.33. The second-order valence-corrected chi connectivity index (χ2v) is 7.63. The molecule has 5 nitrogen and oxygen atoms in total. The molecule has 0 saturated carbocycles. The predicted octanol–water partition coefficient (Wildman–Crippen LogP) is 5.45. The highest BCUT2D eigenvalue weighted by molar-refractivity contribution is 8.19. The summed E-state index contributed by atoms with van der Waals surface area (Å²) in [4.78, 5) is 31.3. The number of anilines is 2. The van der Waals surface area contributed by atoms with Crippen LogP contribution in [0.2, 0.25) is 0 Å². The van der Waals surface area contributed by atoms with Gasteiger partial charge in [0.15, 0.2) is 5.17 Å². The number of aliphatic imine (C=N–C) groups is 1. The van der Waals surface area contributed by atoms with Crippen LogP contribution in [0.15, 0.2) is 94.8 Å². The molecular weight excluding hydrogens is 394 g/mol. The molecule has 1 N–H and O–H groups in total. The molecule has 1 aliphatic rings. The molecule has 1 heterocycles. The van der Waals surface area contributed by atoms with Crippen molar-refractivity contribution >= 4 is 51.9 Å². The first kappa shape index (κ1) is 19.7. The van der Waals surface area contributed by atoms with Gasteiger partial charge in [-0.15, -0.1) is 0 Å². The molecule has 0 unspecified atom stereocenters. The van der Waals surface area contributed by atoms with E-state index < -0.39 is 0 Å². The molecule has 0 aromatic heterocycles. The minimum Gasteiger partial charge on any atom is -0.326 e. The number of para-hydroxylation sites is 2. The number of amidine groups is 1. The van der Waals surface area contributed by atoms with Gasteiger partial charge in [-0.1, -0.05) is 48.5 Å². The number of hydrogen-bond donors (Lipinski definition) is 1. The van der Waals surface area contributed by atoms with Gasteiger partial charge in [0.25, 0.3) is 5.91 Å². The van der Waals surface area contributed by atoms with Crippen molar-refractivity contribution in [1.82, 2.24) is 0 Å². The summed E-state index contributed by atoms with van der Waals surface area (Å²) in [6.45, 7) is 1.47. The smallest absolute Gasteiger partial charge is 0.271 e. The number of nitrogens with zero attached hydrogens (tertiary/aromatic N) is 2. The van der Waals surface area contributed by atoms with Crippen molar-refractivity contribution in [2.75, 3.05) is 10.2 Å². The SMILES string of the molecule is CC(=O)Nc1ccc(/C=C2/SC(=Nc3ccccc3)N(c3ccccc3)C2=O)cc1. The fourth-order valence-corrected chi connectivity index (χ4v) is 3.98. The normalized spacial score (nSPS) is 16.3. The minimum atomic E-state index is -0.122. The van der Waals surface area contributed by atoms with Gasteiger partial charge in [-0.3, -0.25) is 14.5 Å². The number of amides is 2. The van der Waals surface area contributed by atoms with Crippen molar-refractivity contribution in [1.29, 1.82) is 0 Å². The Bertz CT molecular complexity index is 1120. The van der Waals surface area contributed by atoms with Crippen LogP contribution in [0.5, 0.6) is 0 Å². The highest BCUT2D eigenvalue weighted by atomic mass is 32.2. The lowest BCUT2D eigenvalue weighted by Gasteiger charge is -2.15. The van der Waals surface area contributed by atoms with E-state index in [1.807, 2.05) is 91.0 Å². The van der Waals surface area contributed by atoms with Crippen molar-refractivity contribution in [2.45, 2.75) is 6.92 Å². The number of rotatable bonds is 4. The molecular formula is C24H19N3O2S. The van der Waals surface area contributed by atoms with Crippen LogP contribution in [0, 0.1) is 0 Å². The van der Waals surface area contributed by atoms with Gasteiger partial charge in [-0.05, 0) is 59.8 Å². The van der Waals surface area contributed by atoms with Crippen LogP contribution >= 0.6 is 11.8 Å². The van der Waals surface area contributed by atoms with Gasteiger partial charge in [-0.25, -0.2) is 4.99 Å². The van der Waals surface area contributed by atoms with Gasteiger partial charge in [0.05, 0.1) is 16.3 Å². The number of thioether (sulfide) groups is 1. The maximum Gasteiger partial charge on any atom is 0.271 e. The molecule has 148 valence electrons. The van der Waals surface area contributed by atoms with Crippen molar-refractivity contribution in [3.8, 4) is 0 Å². The number of carbonyl (C=O) groups is 2. The van der Waals surface area contributed by atoms with Gasteiger partial charge >= 0.3 is 0 Å². The summed E-state index contributed by atoms with van der Waals surface area (Å²) in [6, 6.07) is 26.4. The molecule has 1 aliphatic heterocycles. The third-order valence-corrected chi connectivity index (χ3v) is 5.30. The zero-order valence-electron chi connectivity index (χ0n) is 16.3. The van der Waals surface area contributed by atoms with E-state index in [2.05, 4.69) is 5.32 Å². The van der Waals surface area contributed by atoms with Crippen LogP contribution < -0.4 is 10.2 Å². The van der Waals surface area contributed by atoms with Crippen LogP contribution in [-0.2, 0) is 9.59 Å². The van der Waals surface area contributed by atoms with Gasteiger partial charge < -0.3 is 5.32 Å². The second-order valence-electron chi connectivity index (χ2n) is 6.62. The van der Waals surface area contributed by atoms with Crippen LogP contribution in [-0.4, -0.2) is 17.0 Å². The number of carbonyl (C=O) groups excluding carboxylic acids is 2. The average molecular weight is 414 g/mol. The van der Waals surface area contributed by atoms with Gasteiger partial charge in [0.2, 0.25) is 5.91 Å². The third kappa shape index (κ3) is 4.50. The maximum absolute atomic E-state index is 13.2. The van der Waals surface area contributed by atoms with Crippen molar-refractivity contribution in [3.05, 3.63) is 95.4 Å². The van der Waals surface area contributed by atoms with E-state index in [-0.39, 0.29) is 11.8 Å². The van der Waals surface area contributed by atoms with Crippen molar-refractivity contribution in [2.24, 2.45) is 4.99 Å². The highest BCUT2D eigenvalue weighted by Crippen LogP contribution is 2.37. The van der Waals surface area contributed by atoms with E-state index in [1.165, 1.54) is 18.7 Å². The van der Waals surface area contributed by atoms with Crippen LogP contribution in [0.1, 0.15) is 12.5 Å². The number of hydrogen-bond acceptors (Lipinski definition) is 4.